The Morgan fingerprint density at radius 2 is 1.16 bits per heavy atom. The van der Waals surface area contributed by atoms with Crippen LogP contribution in [-0.2, 0) is 0 Å². The van der Waals surface area contributed by atoms with Crippen LogP contribution in [0.5, 0.6) is 0 Å². The van der Waals surface area contributed by atoms with Crippen LogP contribution in [0.3, 0.4) is 0 Å². The molecule has 2 nitrogen and oxygen atoms in total. The lowest BCUT2D eigenvalue weighted by Gasteiger charge is -2.26. The molecule has 2 aromatic carbocycles. The monoisotopic (exact) mass is 300 g/mol. The SMILES string of the molecule is C[N+](C)(C)c1ccccc1-c1ccccc1.[Cl-].[Cl-].[NH4+]. The summed E-state index contributed by atoms with van der Waals surface area (Å²) >= 11 is 0. The fourth-order valence-electron chi connectivity index (χ4n) is 1.92. The van der Waals surface area contributed by atoms with Crippen molar-refractivity contribution in [2.75, 3.05) is 21.1 Å². The van der Waals surface area contributed by atoms with Crippen LogP contribution in [0.15, 0.2) is 54.6 Å². The van der Waals surface area contributed by atoms with Gasteiger partial charge in [0.2, 0.25) is 0 Å². The fourth-order valence-corrected chi connectivity index (χ4v) is 1.92. The molecule has 2 rings (SSSR count). The summed E-state index contributed by atoms with van der Waals surface area (Å²) in [7, 11) is 6.59. The van der Waals surface area contributed by atoms with Crippen molar-refractivity contribution in [3.8, 4) is 11.1 Å². The van der Waals surface area contributed by atoms with Gasteiger partial charge in [0, 0.05) is 5.56 Å². The number of para-hydroxylation sites is 1. The van der Waals surface area contributed by atoms with Crippen LogP contribution in [0.25, 0.3) is 11.1 Å². The zero-order valence-corrected chi connectivity index (χ0v) is 13.4. The first-order valence-corrected chi connectivity index (χ1v) is 5.55. The van der Waals surface area contributed by atoms with E-state index in [0.717, 1.165) is 4.48 Å². The van der Waals surface area contributed by atoms with Gasteiger partial charge in [-0.3, -0.25) is 4.48 Å². The minimum absolute atomic E-state index is 0. The summed E-state index contributed by atoms with van der Waals surface area (Å²) < 4.78 is 0.838. The summed E-state index contributed by atoms with van der Waals surface area (Å²) in [5, 5.41) is 0. The average molecular weight is 301 g/mol. The molecule has 0 saturated heterocycles. The van der Waals surface area contributed by atoms with Crippen molar-refractivity contribution in [1.82, 2.24) is 10.6 Å². The highest BCUT2D eigenvalue weighted by Crippen LogP contribution is 2.31. The molecule has 0 saturated carbocycles. The minimum Gasteiger partial charge on any atom is -1.00 e. The van der Waals surface area contributed by atoms with E-state index < -0.39 is 0 Å². The van der Waals surface area contributed by atoms with E-state index in [1.54, 1.807) is 0 Å². The highest BCUT2D eigenvalue weighted by molar-refractivity contribution is 5.76. The Kier molecular flexibility index (Phi) is 8.72. The lowest BCUT2D eigenvalue weighted by Crippen LogP contribution is -3.00. The Labute approximate surface area is 128 Å². The standard InChI is InChI=1S/C15H18N.2ClH.H3N/c1-16(2,3)15-12-8-7-11-14(15)13-9-5-4-6-10-13;;;/h4-12H,1-3H3;2*1H;1H3/q+1;;;/p-1. The third-order valence-corrected chi connectivity index (χ3v) is 2.71. The molecular weight excluding hydrogens is 279 g/mol. The second kappa shape index (κ2) is 8.18. The number of halogens is 2. The second-order valence-corrected chi connectivity index (χ2v) is 4.90. The molecule has 4 heteroatoms. The Morgan fingerprint density at radius 1 is 0.684 bits per heavy atom. The van der Waals surface area contributed by atoms with Crippen LogP contribution in [0.1, 0.15) is 0 Å². The van der Waals surface area contributed by atoms with Gasteiger partial charge in [-0.15, -0.1) is 0 Å². The van der Waals surface area contributed by atoms with Crippen molar-refractivity contribution in [3.63, 3.8) is 0 Å². The molecule has 106 valence electrons. The molecule has 0 bridgehead atoms. The molecule has 0 heterocycles. The summed E-state index contributed by atoms with van der Waals surface area (Å²) in [5.41, 5.74) is 3.94. The third-order valence-electron chi connectivity index (χ3n) is 2.71. The van der Waals surface area contributed by atoms with Crippen molar-refractivity contribution in [3.05, 3.63) is 54.6 Å². The maximum atomic E-state index is 2.20. The summed E-state index contributed by atoms with van der Waals surface area (Å²) in [6.45, 7) is 0. The van der Waals surface area contributed by atoms with Gasteiger partial charge in [-0.05, 0) is 17.7 Å². The number of nitrogens with zero attached hydrogens (tertiary/aromatic N) is 1. The van der Waals surface area contributed by atoms with E-state index in [1.165, 1.54) is 16.8 Å². The Hall–Kier alpha value is -1.06. The number of rotatable bonds is 2. The van der Waals surface area contributed by atoms with Gasteiger partial charge in [0.25, 0.3) is 0 Å². The van der Waals surface area contributed by atoms with Crippen LogP contribution in [-0.4, -0.2) is 21.1 Å². The molecule has 0 aliphatic heterocycles. The smallest absolute Gasteiger partial charge is 0.140 e. The van der Waals surface area contributed by atoms with Crippen LogP contribution >= 0.6 is 0 Å². The molecule has 4 N–H and O–H groups in total. The lowest BCUT2D eigenvalue weighted by atomic mass is 10.0. The highest BCUT2D eigenvalue weighted by Gasteiger charge is 2.17. The highest BCUT2D eigenvalue weighted by atomic mass is 35.5. The quantitative estimate of drug-likeness (QED) is 0.619. The van der Waals surface area contributed by atoms with Crippen LogP contribution < -0.4 is 35.4 Å². The van der Waals surface area contributed by atoms with Gasteiger partial charge >= 0.3 is 0 Å². The predicted molar refractivity (Wildman–Crippen MR) is 77.4 cm³/mol. The summed E-state index contributed by atoms with van der Waals surface area (Å²) in [6, 6.07) is 19.1. The number of quaternary nitrogens is 2. The number of benzene rings is 2. The molecule has 19 heavy (non-hydrogen) atoms. The molecule has 0 aromatic heterocycles. The van der Waals surface area contributed by atoms with Crippen LogP contribution in [0.4, 0.5) is 5.69 Å². The maximum Gasteiger partial charge on any atom is 0.140 e. The largest absolute Gasteiger partial charge is 1.00 e. The van der Waals surface area contributed by atoms with Crippen molar-refractivity contribution >= 4 is 5.69 Å². The van der Waals surface area contributed by atoms with E-state index in [2.05, 4.69) is 75.7 Å². The zero-order chi connectivity index (χ0) is 11.6. The Balaban J connectivity index is 0. The molecular formula is C15H22Cl2N2. The van der Waals surface area contributed by atoms with Gasteiger partial charge in [-0.2, -0.15) is 0 Å². The second-order valence-electron chi connectivity index (χ2n) is 4.90. The van der Waals surface area contributed by atoms with E-state index in [4.69, 9.17) is 0 Å². The maximum absolute atomic E-state index is 2.20. The predicted octanol–water partition coefficient (Wildman–Crippen LogP) is -2.07. The van der Waals surface area contributed by atoms with Crippen molar-refractivity contribution in [1.29, 1.82) is 0 Å². The first-order valence-electron chi connectivity index (χ1n) is 5.55. The summed E-state index contributed by atoms with van der Waals surface area (Å²) in [4.78, 5) is 0. The van der Waals surface area contributed by atoms with Gasteiger partial charge in [0.15, 0.2) is 0 Å². The molecule has 0 unspecified atom stereocenters. The van der Waals surface area contributed by atoms with Crippen LogP contribution in [0.2, 0.25) is 0 Å². The van der Waals surface area contributed by atoms with E-state index in [9.17, 15) is 0 Å². The topological polar surface area (TPSA) is 36.5 Å². The number of hydrogen-bond acceptors (Lipinski definition) is 0. The van der Waals surface area contributed by atoms with E-state index in [0.29, 0.717) is 0 Å². The van der Waals surface area contributed by atoms with E-state index in [-0.39, 0.29) is 31.0 Å². The Bertz CT molecular complexity index is 479. The van der Waals surface area contributed by atoms with Gasteiger partial charge in [0.1, 0.15) is 5.69 Å². The third kappa shape index (κ3) is 4.84. The van der Waals surface area contributed by atoms with Crippen molar-refractivity contribution in [2.45, 2.75) is 0 Å². The van der Waals surface area contributed by atoms with E-state index >= 15 is 0 Å². The summed E-state index contributed by atoms with van der Waals surface area (Å²) in [6.07, 6.45) is 0. The molecule has 0 fully saturated rings. The summed E-state index contributed by atoms with van der Waals surface area (Å²) in [5.74, 6) is 0. The number of hydrogen-bond donors (Lipinski definition) is 1. The fraction of sp³-hybridized carbons (Fsp3) is 0.200. The molecule has 0 aliphatic rings. The molecule has 0 spiro atoms. The molecule has 0 amide bonds. The van der Waals surface area contributed by atoms with Gasteiger partial charge in [0.05, 0.1) is 21.1 Å². The van der Waals surface area contributed by atoms with Gasteiger partial charge in [-0.1, -0.05) is 42.5 Å². The first kappa shape index (κ1) is 20.3. The van der Waals surface area contributed by atoms with Crippen molar-refractivity contribution in [2.24, 2.45) is 0 Å². The normalized spacial score (nSPS) is 9.63. The molecule has 0 atom stereocenters. The lowest BCUT2D eigenvalue weighted by molar-refractivity contribution is -0.001000. The average Bonchev–Trinajstić information content (AvgIpc) is 2.29. The molecule has 0 radical (unpaired) electrons. The minimum atomic E-state index is 0. The van der Waals surface area contributed by atoms with Gasteiger partial charge in [-0.25, -0.2) is 0 Å². The van der Waals surface area contributed by atoms with Crippen molar-refractivity contribution < 1.29 is 24.8 Å². The Morgan fingerprint density at radius 3 is 1.68 bits per heavy atom. The first-order chi connectivity index (χ1) is 7.59. The van der Waals surface area contributed by atoms with Crippen LogP contribution in [0, 0.1) is 0 Å². The van der Waals surface area contributed by atoms with Gasteiger partial charge < -0.3 is 31.0 Å². The van der Waals surface area contributed by atoms with E-state index in [1.807, 2.05) is 0 Å². The zero-order valence-electron chi connectivity index (χ0n) is 11.9. The molecule has 2 aromatic rings. The molecule has 0 aliphatic carbocycles.